The summed E-state index contributed by atoms with van der Waals surface area (Å²) in [6.45, 7) is 5.53. The molecule has 7 aliphatic rings. The number of phenols is 3. The maximum atomic E-state index is 16.3. The number of rotatable bonds is 19. The zero-order chi connectivity index (χ0) is 93.0. The molecule has 129 heavy (non-hydrogen) atoms. The molecule has 18 atom stereocenters. The molecule has 0 aliphatic carbocycles. The number of primary amides is 2. The number of alkyl halides is 3. The summed E-state index contributed by atoms with van der Waals surface area (Å²) >= 11 is 14.3. The number of likely N-dealkylation sites (N-methyl/N-ethyl adjacent to an activating group) is 1. The molecule has 2 fully saturated rings. The van der Waals surface area contributed by atoms with E-state index >= 15 is 24.0 Å². The summed E-state index contributed by atoms with van der Waals surface area (Å²) in [5, 5.41) is 129. The van der Waals surface area contributed by atoms with Crippen molar-refractivity contribution in [1.29, 1.82) is 0 Å². The van der Waals surface area contributed by atoms with Crippen molar-refractivity contribution in [3.63, 3.8) is 0 Å². The van der Waals surface area contributed by atoms with Crippen LogP contribution in [0.2, 0.25) is 10.0 Å². The highest BCUT2D eigenvalue weighted by atomic mass is 35.5. The zero-order valence-corrected chi connectivity index (χ0v) is 69.5. The number of hydrazine groups is 1. The molecular weight excluding hydrogens is 1750 g/mol. The zero-order valence-electron chi connectivity index (χ0n) is 68.0. The van der Waals surface area contributed by atoms with Crippen molar-refractivity contribution in [3.8, 4) is 62.9 Å². The van der Waals surface area contributed by atoms with Crippen molar-refractivity contribution in [1.82, 2.24) is 53.4 Å². The van der Waals surface area contributed by atoms with Gasteiger partial charge in [-0.1, -0.05) is 74.8 Å². The van der Waals surface area contributed by atoms with Crippen molar-refractivity contribution in [2.45, 2.75) is 177 Å². The Labute approximate surface area is 741 Å². The maximum absolute atomic E-state index is 16.3. The standard InChI is InChI=1S/C83H88Cl2F3N13O27.CH4/c1-32(2)19-47(91-5)73(114)98-62-64(107)37-12-17-51(45(84)22-37)123-53-24-39-25-54(68(53)127-81-69(67(110)66(109)55(31-102)125-81)126-57-29-82(4,70(111)33(3)122-57)92-30-34-7-6-8-40(20-34)93-72(113)35-9-14-42(15-10-35)128-83(86,87)88)124-52-18-13-38(23-46(52)85)65(108)63-78(119)97-61(79(120)100-101-80(121)71(90)112)44-26-41(103)27-50(105)58(44)43-21-36(11-16-49(43)104)59(75(116)99-63)96-76(117)60(39)95-74(115)48(28-56(89)106)94-77(62)118;/h6-18,20-27,32-33,47-48,55,57,59-67,69-70,81,91-92,102-105,107-111H,19,28-31H2,1-5H3,(H2,89,106)(H2,90,112)(H,93,113)(H,94,118)(H,95,115)(H,96,117)(H,97,119)(H,98,114)(H,99,116)(H,100,120)(H,101,121);1H4. The minimum atomic E-state index is -4.98. The quantitative estimate of drug-likeness (QED) is 0.0408. The van der Waals surface area contributed by atoms with E-state index in [0.29, 0.717) is 11.6 Å². The second-order valence-corrected chi connectivity index (χ2v) is 32.0. The van der Waals surface area contributed by atoms with Gasteiger partial charge in [0.05, 0.1) is 41.3 Å². The number of carbonyl (C=O) groups excluding carboxylic acids is 11. The molecule has 690 valence electrons. The van der Waals surface area contributed by atoms with Gasteiger partial charge < -0.3 is 138 Å². The van der Waals surface area contributed by atoms with Gasteiger partial charge in [-0.05, 0) is 158 Å². The number of phenolic OH excluding ortho intramolecular Hbond substituents is 3. The van der Waals surface area contributed by atoms with E-state index in [1.165, 1.54) is 26.1 Å². The highest BCUT2D eigenvalue weighted by Gasteiger charge is 2.53. The predicted octanol–water partition coefficient (Wildman–Crippen LogP) is 2.27. The number of carbonyl (C=O) groups is 11. The van der Waals surface area contributed by atoms with Crippen LogP contribution in [0.1, 0.15) is 128 Å². The van der Waals surface area contributed by atoms with Crippen LogP contribution in [0.15, 0.2) is 127 Å². The van der Waals surface area contributed by atoms with Crippen LogP contribution in [0, 0.1) is 5.92 Å². The Morgan fingerprint density at radius 1 is 0.682 bits per heavy atom. The third kappa shape index (κ3) is 22.3. The molecular formula is C84H92Cl2F3N13O27. The number of aliphatic hydroxyl groups excluding tert-OH is 6. The lowest BCUT2D eigenvalue weighted by atomic mass is 9.84. The van der Waals surface area contributed by atoms with Crippen LogP contribution in [0.25, 0.3) is 11.1 Å². The number of halogens is 5. The van der Waals surface area contributed by atoms with Gasteiger partial charge in [-0.25, -0.2) is 0 Å². The van der Waals surface area contributed by atoms with E-state index in [4.69, 9.17) is 63.1 Å². The molecule has 0 radical (unpaired) electrons. The van der Waals surface area contributed by atoms with E-state index < -0.39 is 283 Å². The Kier molecular flexibility index (Phi) is 30.2. The predicted molar refractivity (Wildman–Crippen MR) is 444 cm³/mol. The molecule has 0 aromatic heterocycles. The first-order valence-corrected chi connectivity index (χ1v) is 40.1. The molecule has 14 rings (SSSR count). The van der Waals surface area contributed by atoms with Crippen LogP contribution < -0.4 is 89.1 Å². The van der Waals surface area contributed by atoms with Crippen LogP contribution in [-0.4, -0.2) is 210 Å². The number of nitrogens with one attached hydrogen (secondary N) is 11. The van der Waals surface area contributed by atoms with Crippen LogP contribution in [0.4, 0.5) is 18.9 Å². The Morgan fingerprint density at radius 3 is 1.92 bits per heavy atom. The van der Waals surface area contributed by atoms with Crippen LogP contribution in [0.3, 0.4) is 0 Å². The van der Waals surface area contributed by atoms with Gasteiger partial charge in [0.25, 0.3) is 11.8 Å². The van der Waals surface area contributed by atoms with Gasteiger partial charge in [0.15, 0.2) is 23.9 Å². The van der Waals surface area contributed by atoms with E-state index in [1.54, 1.807) is 44.4 Å². The first kappa shape index (κ1) is 96.9. The van der Waals surface area contributed by atoms with Gasteiger partial charge in [-0.3, -0.25) is 63.6 Å². The molecule has 7 aliphatic heterocycles. The molecule has 24 N–H and O–H groups in total. The molecule has 40 nitrogen and oxygen atoms in total. The molecule has 0 spiro atoms. The lowest BCUT2D eigenvalue weighted by molar-refractivity contribution is -0.334. The molecule has 0 saturated carbocycles. The summed E-state index contributed by atoms with van der Waals surface area (Å²) in [5.41, 5.74) is 10.4. The second kappa shape index (κ2) is 40.3. The topological polar surface area (TPSA) is 619 Å². The molecule has 2 saturated heterocycles. The summed E-state index contributed by atoms with van der Waals surface area (Å²) in [6, 6.07) is 8.56. The van der Waals surface area contributed by atoms with E-state index in [1.807, 2.05) is 5.43 Å². The normalized spacial score (nSPS) is 25.4. The molecule has 18 unspecified atom stereocenters. The van der Waals surface area contributed by atoms with Gasteiger partial charge >= 0.3 is 18.2 Å². The first-order chi connectivity index (χ1) is 60.5. The smallest absolute Gasteiger partial charge is 0.508 e. The molecule has 7 aromatic rings. The Hall–Kier alpha value is -12.8. The van der Waals surface area contributed by atoms with Gasteiger partial charge in [-0.15, -0.1) is 13.2 Å². The van der Waals surface area contributed by atoms with E-state index in [9.17, 15) is 87.9 Å². The summed E-state index contributed by atoms with van der Waals surface area (Å²) in [5.74, 6) is -21.3. The van der Waals surface area contributed by atoms with Gasteiger partial charge in [0, 0.05) is 46.9 Å². The maximum Gasteiger partial charge on any atom is 0.573 e. The fourth-order valence-electron chi connectivity index (χ4n) is 15.0. The van der Waals surface area contributed by atoms with Crippen molar-refractivity contribution in [2.75, 3.05) is 19.0 Å². The summed E-state index contributed by atoms with van der Waals surface area (Å²) in [7, 11) is 1.45. The van der Waals surface area contributed by atoms with Crippen molar-refractivity contribution in [3.05, 3.63) is 176 Å². The minimum Gasteiger partial charge on any atom is -0.508 e. The number of anilines is 1. The second-order valence-electron chi connectivity index (χ2n) is 31.2. The average molecular weight is 1840 g/mol. The monoisotopic (exact) mass is 1840 g/mol. The van der Waals surface area contributed by atoms with Crippen molar-refractivity contribution >= 4 is 93.9 Å². The Morgan fingerprint density at radius 2 is 1.31 bits per heavy atom. The number of hydrogen-bond donors (Lipinski definition) is 22. The molecule has 11 amide bonds. The molecule has 45 heteroatoms. The Bertz CT molecular complexity index is 5470. The van der Waals surface area contributed by atoms with Crippen molar-refractivity contribution < 1.29 is 145 Å². The van der Waals surface area contributed by atoms with E-state index in [-0.39, 0.29) is 55.1 Å². The van der Waals surface area contributed by atoms with Gasteiger partial charge in [0.2, 0.25) is 53.4 Å². The molecule has 7 heterocycles. The highest BCUT2D eigenvalue weighted by Crippen LogP contribution is 2.50. The number of fused-ring (bicyclic) bond motifs is 15. The third-order valence-corrected chi connectivity index (χ3v) is 22.1. The van der Waals surface area contributed by atoms with Crippen molar-refractivity contribution in [2.24, 2.45) is 17.4 Å². The third-order valence-electron chi connectivity index (χ3n) is 21.5. The Balaban J connectivity index is 0.0000161. The molecule has 11 bridgehead atoms. The molecule has 7 aromatic carbocycles. The fraction of sp³-hybridized carbons (Fsp3) is 0.369. The number of amides is 11. The number of benzene rings is 7. The minimum absolute atomic E-state index is 0. The summed E-state index contributed by atoms with van der Waals surface area (Å²) in [6.07, 6.45) is -25.0. The number of nitrogens with two attached hydrogens (primary N) is 2. The van der Waals surface area contributed by atoms with Gasteiger partial charge in [0.1, 0.15) is 101 Å². The highest BCUT2D eigenvalue weighted by molar-refractivity contribution is 6.34. The average Bonchev–Trinajstić information content (AvgIpc) is 0.764. The SMILES string of the molecule is C.CNC(CC(C)C)C(=O)NC1C(=O)NC(CC(N)=O)C(=O)NC2C(=O)NC3C(=O)NC(C(=O)NC(C(=O)NNC(=O)C(N)=O)c4cc(O)cc(O)c4-c4cc3ccc4O)C(O)c3ccc(c(Cl)c3)Oc3cc2cc(c3OC2OC(CO)C(O)C(O)C2OC2CC(C)(NCc3cccc(NC(=O)c4ccc(OC(F)(F)F)cc4)c3)C(O)C(C)O2)Oc2ccc(cc2Cl)C1O. The number of aliphatic hydroxyl groups is 6. The fourth-order valence-corrected chi connectivity index (χ4v) is 15.4. The number of hydrogen-bond acceptors (Lipinski definition) is 29. The number of aromatic hydroxyl groups is 3. The lowest BCUT2D eigenvalue weighted by Gasteiger charge is -2.48. The number of ether oxygens (including phenoxy) is 7. The summed E-state index contributed by atoms with van der Waals surface area (Å²) in [4.78, 5) is 158. The van der Waals surface area contributed by atoms with Crippen LogP contribution in [-0.2, 0) is 68.7 Å². The first-order valence-electron chi connectivity index (χ1n) is 39.3. The van der Waals surface area contributed by atoms with Gasteiger partial charge in [-0.2, -0.15) is 0 Å². The summed E-state index contributed by atoms with van der Waals surface area (Å²) < 4.78 is 81.9. The van der Waals surface area contributed by atoms with E-state index in [0.717, 1.165) is 91.0 Å². The van der Waals surface area contributed by atoms with Crippen LogP contribution in [0.5, 0.6) is 51.7 Å². The van der Waals surface area contributed by atoms with E-state index in [2.05, 4.69) is 52.6 Å². The largest absolute Gasteiger partial charge is 0.573 e. The lowest BCUT2D eigenvalue weighted by Crippen LogP contribution is -2.65. The van der Waals surface area contributed by atoms with Crippen LogP contribution >= 0.6 is 23.2 Å².